The van der Waals surface area contributed by atoms with Crippen molar-refractivity contribution in [1.82, 2.24) is 10.2 Å². The van der Waals surface area contributed by atoms with Gasteiger partial charge in [0.25, 0.3) is 5.91 Å². The number of aromatic carboxylic acids is 1. The summed E-state index contributed by atoms with van der Waals surface area (Å²) in [6, 6.07) is 5.91. The lowest BCUT2D eigenvalue weighted by molar-refractivity contribution is -0.0175. The van der Waals surface area contributed by atoms with Crippen molar-refractivity contribution in [3.8, 4) is 0 Å². The van der Waals surface area contributed by atoms with Gasteiger partial charge in [0.15, 0.2) is 0 Å². The molecule has 1 aliphatic rings. The van der Waals surface area contributed by atoms with Gasteiger partial charge >= 0.3 is 5.97 Å². The molecule has 0 aromatic heterocycles. The molecule has 1 unspecified atom stereocenters. The average Bonchev–Trinajstić information content (AvgIpc) is 2.47. The van der Waals surface area contributed by atoms with E-state index in [2.05, 4.69) is 10.2 Å². The van der Waals surface area contributed by atoms with E-state index in [1.165, 1.54) is 24.3 Å². The minimum absolute atomic E-state index is 0.175. The van der Waals surface area contributed by atoms with Gasteiger partial charge in [-0.2, -0.15) is 0 Å². The molecule has 1 amide bonds. The number of rotatable bonds is 5. The fourth-order valence-electron chi connectivity index (χ4n) is 2.29. The average molecular weight is 292 g/mol. The highest BCUT2D eigenvalue weighted by Crippen LogP contribution is 2.05. The van der Waals surface area contributed by atoms with Crippen LogP contribution in [0.5, 0.6) is 0 Å². The van der Waals surface area contributed by atoms with E-state index in [-0.39, 0.29) is 17.6 Å². The smallest absolute Gasteiger partial charge is 0.335 e. The number of hydrogen-bond acceptors (Lipinski definition) is 4. The molecule has 1 aromatic rings. The first-order chi connectivity index (χ1) is 10.1. The summed E-state index contributed by atoms with van der Waals surface area (Å²) in [6.45, 7) is 5.87. The first-order valence-electron chi connectivity index (χ1n) is 7.02. The Morgan fingerprint density at radius 1 is 1.33 bits per heavy atom. The van der Waals surface area contributed by atoms with Crippen molar-refractivity contribution >= 4 is 11.9 Å². The second-order valence-corrected chi connectivity index (χ2v) is 5.12. The van der Waals surface area contributed by atoms with Crippen LogP contribution in [-0.4, -0.2) is 60.8 Å². The molecule has 1 heterocycles. The Kier molecular flexibility index (Phi) is 5.30. The van der Waals surface area contributed by atoms with Crippen LogP contribution in [0.25, 0.3) is 0 Å². The molecule has 1 fully saturated rings. The highest BCUT2D eigenvalue weighted by molar-refractivity contribution is 5.95. The van der Waals surface area contributed by atoms with Crippen LogP contribution >= 0.6 is 0 Å². The highest BCUT2D eigenvalue weighted by Gasteiger charge is 2.16. The maximum atomic E-state index is 11.9. The predicted molar refractivity (Wildman–Crippen MR) is 77.6 cm³/mol. The van der Waals surface area contributed by atoms with E-state index in [1.54, 1.807) is 0 Å². The standard InChI is InChI=1S/C15H20N2O4/c1-11-10-17(8-9-21-11)7-6-16-14(18)12-2-4-13(5-3-12)15(19)20/h2-5,11H,6-10H2,1H3,(H,16,18)(H,19,20). The third-order valence-corrected chi connectivity index (χ3v) is 3.43. The molecule has 1 saturated heterocycles. The van der Waals surface area contributed by atoms with Gasteiger partial charge < -0.3 is 15.2 Å². The summed E-state index contributed by atoms with van der Waals surface area (Å²) < 4.78 is 5.46. The van der Waals surface area contributed by atoms with Gasteiger partial charge in [0, 0.05) is 31.7 Å². The highest BCUT2D eigenvalue weighted by atomic mass is 16.5. The van der Waals surface area contributed by atoms with E-state index in [1.807, 2.05) is 6.92 Å². The van der Waals surface area contributed by atoms with Crippen LogP contribution in [0.4, 0.5) is 0 Å². The van der Waals surface area contributed by atoms with Crippen LogP contribution < -0.4 is 5.32 Å². The molecule has 0 bridgehead atoms. The van der Waals surface area contributed by atoms with Crippen molar-refractivity contribution in [3.63, 3.8) is 0 Å². The number of hydrogen-bond donors (Lipinski definition) is 2. The number of benzene rings is 1. The Labute approximate surface area is 123 Å². The molecule has 114 valence electrons. The minimum atomic E-state index is -0.997. The maximum Gasteiger partial charge on any atom is 0.335 e. The van der Waals surface area contributed by atoms with E-state index in [9.17, 15) is 9.59 Å². The molecular formula is C15H20N2O4. The fraction of sp³-hybridized carbons (Fsp3) is 0.467. The molecule has 1 atom stereocenters. The molecule has 0 saturated carbocycles. The van der Waals surface area contributed by atoms with Gasteiger partial charge in [-0.1, -0.05) is 0 Å². The number of nitrogens with zero attached hydrogens (tertiary/aromatic N) is 1. The number of carboxylic acid groups (broad SMARTS) is 1. The van der Waals surface area contributed by atoms with Crippen LogP contribution in [0.2, 0.25) is 0 Å². The van der Waals surface area contributed by atoms with Crippen molar-refractivity contribution in [3.05, 3.63) is 35.4 Å². The Balaban J connectivity index is 1.77. The summed E-state index contributed by atoms with van der Waals surface area (Å²) in [6.07, 6.45) is 0.234. The van der Waals surface area contributed by atoms with Gasteiger partial charge in [0.2, 0.25) is 0 Å². The molecular weight excluding hydrogens is 272 g/mol. The van der Waals surface area contributed by atoms with E-state index >= 15 is 0 Å². The third-order valence-electron chi connectivity index (χ3n) is 3.43. The van der Waals surface area contributed by atoms with E-state index in [4.69, 9.17) is 9.84 Å². The fourth-order valence-corrected chi connectivity index (χ4v) is 2.29. The lowest BCUT2D eigenvalue weighted by Gasteiger charge is -2.30. The lowest BCUT2D eigenvalue weighted by atomic mass is 10.1. The van der Waals surface area contributed by atoms with Gasteiger partial charge in [0.1, 0.15) is 0 Å². The third kappa shape index (κ3) is 4.54. The first kappa shape index (κ1) is 15.5. The Hall–Kier alpha value is -1.92. The molecule has 6 nitrogen and oxygen atoms in total. The predicted octanol–water partition coefficient (Wildman–Crippen LogP) is 0.835. The van der Waals surface area contributed by atoms with E-state index in [0.29, 0.717) is 12.1 Å². The summed E-state index contributed by atoms with van der Waals surface area (Å²) in [5.74, 6) is -1.18. The van der Waals surface area contributed by atoms with Crippen LogP contribution in [0, 0.1) is 0 Å². The number of carboxylic acids is 1. The van der Waals surface area contributed by atoms with E-state index < -0.39 is 5.97 Å². The Bertz CT molecular complexity index is 501. The van der Waals surface area contributed by atoms with Crippen molar-refractivity contribution in [2.75, 3.05) is 32.8 Å². The minimum Gasteiger partial charge on any atom is -0.478 e. The lowest BCUT2D eigenvalue weighted by Crippen LogP contribution is -2.44. The molecule has 0 radical (unpaired) electrons. The molecule has 1 aliphatic heterocycles. The number of ether oxygens (including phenoxy) is 1. The number of morpholine rings is 1. The number of carbonyl (C=O) groups excluding carboxylic acids is 1. The summed E-state index contributed by atoms with van der Waals surface area (Å²) in [4.78, 5) is 24.9. The number of nitrogens with one attached hydrogen (secondary N) is 1. The van der Waals surface area contributed by atoms with Gasteiger partial charge in [-0.3, -0.25) is 9.69 Å². The Morgan fingerprint density at radius 3 is 2.62 bits per heavy atom. The summed E-state index contributed by atoms with van der Waals surface area (Å²) >= 11 is 0. The molecule has 1 aromatic carbocycles. The summed E-state index contributed by atoms with van der Waals surface area (Å²) in [7, 11) is 0. The van der Waals surface area contributed by atoms with Crippen LogP contribution in [0.1, 0.15) is 27.6 Å². The molecule has 2 N–H and O–H groups in total. The van der Waals surface area contributed by atoms with Gasteiger partial charge in [-0.15, -0.1) is 0 Å². The summed E-state index contributed by atoms with van der Waals surface area (Å²) in [5, 5.41) is 11.6. The zero-order valence-corrected chi connectivity index (χ0v) is 12.0. The van der Waals surface area contributed by atoms with Crippen molar-refractivity contribution < 1.29 is 19.4 Å². The molecule has 0 spiro atoms. The molecule has 6 heteroatoms. The maximum absolute atomic E-state index is 11.9. The number of amides is 1. The zero-order chi connectivity index (χ0) is 15.2. The molecule has 2 rings (SSSR count). The van der Waals surface area contributed by atoms with Gasteiger partial charge in [-0.05, 0) is 31.2 Å². The zero-order valence-electron chi connectivity index (χ0n) is 12.0. The van der Waals surface area contributed by atoms with Crippen LogP contribution in [-0.2, 0) is 4.74 Å². The molecule has 21 heavy (non-hydrogen) atoms. The van der Waals surface area contributed by atoms with Gasteiger partial charge in [-0.25, -0.2) is 4.79 Å². The van der Waals surface area contributed by atoms with Crippen LogP contribution in [0.15, 0.2) is 24.3 Å². The second kappa shape index (κ2) is 7.19. The van der Waals surface area contributed by atoms with Crippen molar-refractivity contribution in [2.45, 2.75) is 13.0 Å². The second-order valence-electron chi connectivity index (χ2n) is 5.12. The molecule has 0 aliphatic carbocycles. The van der Waals surface area contributed by atoms with Crippen molar-refractivity contribution in [1.29, 1.82) is 0 Å². The topological polar surface area (TPSA) is 78.9 Å². The Morgan fingerprint density at radius 2 is 2.00 bits per heavy atom. The monoisotopic (exact) mass is 292 g/mol. The largest absolute Gasteiger partial charge is 0.478 e. The number of carbonyl (C=O) groups is 2. The van der Waals surface area contributed by atoms with E-state index in [0.717, 1.165) is 26.2 Å². The summed E-state index contributed by atoms with van der Waals surface area (Å²) in [5.41, 5.74) is 0.643. The normalized spacial score (nSPS) is 19.2. The van der Waals surface area contributed by atoms with Crippen molar-refractivity contribution in [2.24, 2.45) is 0 Å². The SMILES string of the molecule is CC1CN(CCNC(=O)c2ccc(C(=O)O)cc2)CCO1. The first-order valence-corrected chi connectivity index (χ1v) is 7.02. The quantitative estimate of drug-likeness (QED) is 0.840. The van der Waals surface area contributed by atoms with Crippen LogP contribution in [0.3, 0.4) is 0 Å². The van der Waals surface area contributed by atoms with Gasteiger partial charge in [0.05, 0.1) is 18.3 Å².